The Bertz CT molecular complexity index is 634. The van der Waals surface area contributed by atoms with Gasteiger partial charge in [0.05, 0.1) is 9.95 Å². The molecule has 0 unspecified atom stereocenters. The van der Waals surface area contributed by atoms with Crippen LogP contribution in [0, 0.1) is 15.9 Å². The summed E-state index contributed by atoms with van der Waals surface area (Å²) in [5.74, 6) is -0.457. The van der Waals surface area contributed by atoms with Crippen molar-refractivity contribution in [2.24, 2.45) is 0 Å². The highest BCUT2D eigenvalue weighted by Crippen LogP contribution is 2.19. The van der Waals surface area contributed by atoms with Crippen LogP contribution in [0.1, 0.15) is 11.1 Å². The summed E-state index contributed by atoms with van der Waals surface area (Å²) in [7, 11) is 0. The number of hydrogen-bond donors (Lipinski definition) is 1. The number of non-ortho nitro benzene ring substituents is 1. The van der Waals surface area contributed by atoms with Crippen LogP contribution < -0.4 is 5.32 Å². The number of halogens is 2. The van der Waals surface area contributed by atoms with Crippen molar-refractivity contribution in [3.05, 3.63) is 74.5 Å². The molecule has 4 nitrogen and oxygen atoms in total. The van der Waals surface area contributed by atoms with Crippen molar-refractivity contribution in [1.82, 2.24) is 5.32 Å². The lowest BCUT2D eigenvalue weighted by Gasteiger charge is -2.07. The van der Waals surface area contributed by atoms with Gasteiger partial charge in [-0.05, 0) is 17.2 Å². The first-order valence-electron chi connectivity index (χ1n) is 5.95. The van der Waals surface area contributed by atoms with Crippen molar-refractivity contribution >= 4 is 17.3 Å². The SMILES string of the molecule is O=[N+]([O-])c1cccc(CNCc2cccc(F)c2Cl)c1. The average molecular weight is 295 g/mol. The first-order chi connectivity index (χ1) is 9.58. The molecule has 0 aliphatic rings. The van der Waals surface area contributed by atoms with Gasteiger partial charge in [-0.25, -0.2) is 4.39 Å². The Morgan fingerprint density at radius 1 is 1.20 bits per heavy atom. The minimum atomic E-state index is -0.457. The van der Waals surface area contributed by atoms with Gasteiger partial charge in [0.15, 0.2) is 0 Å². The van der Waals surface area contributed by atoms with Crippen LogP contribution in [0.15, 0.2) is 42.5 Å². The van der Waals surface area contributed by atoms with E-state index in [1.165, 1.54) is 18.2 Å². The zero-order valence-electron chi connectivity index (χ0n) is 10.5. The Kier molecular flexibility index (Phi) is 4.65. The summed E-state index contributed by atoms with van der Waals surface area (Å²) in [5.41, 5.74) is 1.48. The molecule has 6 heteroatoms. The molecule has 0 aromatic heterocycles. The minimum Gasteiger partial charge on any atom is -0.309 e. The van der Waals surface area contributed by atoms with E-state index < -0.39 is 10.7 Å². The lowest BCUT2D eigenvalue weighted by Crippen LogP contribution is -2.13. The summed E-state index contributed by atoms with van der Waals surface area (Å²) >= 11 is 5.84. The summed E-state index contributed by atoms with van der Waals surface area (Å²) < 4.78 is 13.2. The fourth-order valence-corrected chi connectivity index (χ4v) is 2.00. The molecule has 2 aromatic rings. The van der Waals surface area contributed by atoms with Crippen LogP contribution in [0.2, 0.25) is 5.02 Å². The zero-order valence-corrected chi connectivity index (χ0v) is 11.2. The van der Waals surface area contributed by atoms with Crippen LogP contribution in [-0.4, -0.2) is 4.92 Å². The molecular weight excluding hydrogens is 283 g/mol. The van der Waals surface area contributed by atoms with Crippen molar-refractivity contribution < 1.29 is 9.31 Å². The van der Waals surface area contributed by atoms with Crippen LogP contribution in [0.4, 0.5) is 10.1 Å². The van der Waals surface area contributed by atoms with Gasteiger partial charge in [-0.2, -0.15) is 0 Å². The molecule has 0 aliphatic carbocycles. The van der Waals surface area contributed by atoms with Gasteiger partial charge < -0.3 is 5.32 Å². The second kappa shape index (κ2) is 6.45. The van der Waals surface area contributed by atoms with E-state index in [0.29, 0.717) is 18.7 Å². The number of nitrogens with zero attached hydrogens (tertiary/aromatic N) is 1. The summed E-state index contributed by atoms with van der Waals surface area (Å²) in [5, 5.41) is 13.8. The van der Waals surface area contributed by atoms with Crippen LogP contribution >= 0.6 is 11.6 Å². The van der Waals surface area contributed by atoms with Crippen molar-refractivity contribution in [3.8, 4) is 0 Å². The van der Waals surface area contributed by atoms with Gasteiger partial charge >= 0.3 is 0 Å². The molecule has 0 amide bonds. The predicted molar refractivity (Wildman–Crippen MR) is 75.1 cm³/mol. The smallest absolute Gasteiger partial charge is 0.269 e. The Hall–Kier alpha value is -1.98. The highest BCUT2D eigenvalue weighted by atomic mass is 35.5. The molecule has 104 valence electrons. The van der Waals surface area contributed by atoms with E-state index in [1.54, 1.807) is 24.3 Å². The van der Waals surface area contributed by atoms with Crippen LogP contribution in [0.5, 0.6) is 0 Å². The summed E-state index contributed by atoms with van der Waals surface area (Å²) in [6.45, 7) is 0.827. The van der Waals surface area contributed by atoms with Gasteiger partial charge in [0.1, 0.15) is 5.82 Å². The van der Waals surface area contributed by atoms with Gasteiger partial charge in [-0.1, -0.05) is 35.9 Å². The number of nitro benzene ring substituents is 1. The molecule has 0 heterocycles. The van der Waals surface area contributed by atoms with E-state index >= 15 is 0 Å². The lowest BCUT2D eigenvalue weighted by molar-refractivity contribution is -0.384. The van der Waals surface area contributed by atoms with Gasteiger partial charge in [0.2, 0.25) is 0 Å². The maximum Gasteiger partial charge on any atom is 0.269 e. The molecule has 0 fully saturated rings. The van der Waals surface area contributed by atoms with E-state index in [9.17, 15) is 14.5 Å². The highest BCUT2D eigenvalue weighted by molar-refractivity contribution is 6.31. The third kappa shape index (κ3) is 3.53. The molecule has 0 aliphatic heterocycles. The van der Waals surface area contributed by atoms with Crippen LogP contribution in [0.25, 0.3) is 0 Å². The number of hydrogen-bond acceptors (Lipinski definition) is 3. The molecule has 0 bridgehead atoms. The third-order valence-corrected chi connectivity index (χ3v) is 3.22. The quantitative estimate of drug-likeness (QED) is 0.676. The zero-order chi connectivity index (χ0) is 14.5. The standard InChI is InChI=1S/C14H12ClFN2O2/c15-14-11(4-2-6-13(14)16)9-17-8-10-3-1-5-12(7-10)18(19)20/h1-7,17H,8-9H2. The predicted octanol–water partition coefficient (Wildman–Crippen LogP) is 3.68. The number of benzene rings is 2. The Balaban J connectivity index is 1.98. The summed E-state index contributed by atoms with van der Waals surface area (Å²) in [6, 6.07) is 11.0. The van der Waals surface area contributed by atoms with Gasteiger partial charge in [0.25, 0.3) is 5.69 Å². The molecule has 1 N–H and O–H groups in total. The van der Waals surface area contributed by atoms with Gasteiger partial charge in [-0.15, -0.1) is 0 Å². The fourth-order valence-electron chi connectivity index (χ4n) is 1.81. The normalized spacial score (nSPS) is 10.5. The van der Waals surface area contributed by atoms with Crippen LogP contribution in [0.3, 0.4) is 0 Å². The Labute approximate surface area is 120 Å². The molecule has 0 saturated carbocycles. The summed E-state index contributed by atoms with van der Waals surface area (Å²) in [6.07, 6.45) is 0. The third-order valence-electron chi connectivity index (χ3n) is 2.80. The second-order valence-corrected chi connectivity index (χ2v) is 4.62. The molecular formula is C14H12ClFN2O2. The van der Waals surface area contributed by atoms with E-state index in [-0.39, 0.29) is 10.7 Å². The highest BCUT2D eigenvalue weighted by Gasteiger charge is 2.07. The molecule has 0 atom stereocenters. The molecule has 0 saturated heterocycles. The monoisotopic (exact) mass is 294 g/mol. The minimum absolute atomic E-state index is 0.0492. The molecule has 2 aromatic carbocycles. The van der Waals surface area contributed by atoms with Crippen LogP contribution in [-0.2, 0) is 13.1 Å². The molecule has 20 heavy (non-hydrogen) atoms. The van der Waals surface area contributed by atoms with Gasteiger partial charge in [0, 0.05) is 25.2 Å². The number of rotatable bonds is 5. The molecule has 2 rings (SSSR count). The van der Waals surface area contributed by atoms with E-state index in [4.69, 9.17) is 11.6 Å². The first-order valence-corrected chi connectivity index (χ1v) is 6.32. The van der Waals surface area contributed by atoms with E-state index in [1.807, 2.05) is 0 Å². The van der Waals surface area contributed by atoms with E-state index in [2.05, 4.69) is 5.32 Å². The fraction of sp³-hybridized carbons (Fsp3) is 0.143. The average Bonchev–Trinajstić information content (AvgIpc) is 2.44. The lowest BCUT2D eigenvalue weighted by atomic mass is 10.2. The molecule has 0 spiro atoms. The maximum absolute atomic E-state index is 13.2. The van der Waals surface area contributed by atoms with Gasteiger partial charge in [-0.3, -0.25) is 10.1 Å². The van der Waals surface area contributed by atoms with Crippen molar-refractivity contribution in [1.29, 1.82) is 0 Å². The van der Waals surface area contributed by atoms with Crippen molar-refractivity contribution in [2.75, 3.05) is 0 Å². The largest absolute Gasteiger partial charge is 0.309 e. The van der Waals surface area contributed by atoms with Crippen molar-refractivity contribution in [2.45, 2.75) is 13.1 Å². The topological polar surface area (TPSA) is 55.2 Å². The Morgan fingerprint density at radius 2 is 1.95 bits per heavy atom. The second-order valence-electron chi connectivity index (χ2n) is 4.24. The molecule has 0 radical (unpaired) electrons. The Morgan fingerprint density at radius 3 is 2.70 bits per heavy atom. The van der Waals surface area contributed by atoms with Crippen molar-refractivity contribution in [3.63, 3.8) is 0 Å². The maximum atomic E-state index is 13.2. The number of nitrogens with one attached hydrogen (secondary N) is 1. The van der Waals surface area contributed by atoms with E-state index in [0.717, 1.165) is 5.56 Å². The summed E-state index contributed by atoms with van der Waals surface area (Å²) in [4.78, 5) is 10.2. The first kappa shape index (κ1) is 14.4. The number of nitro groups is 1.